The van der Waals surface area contributed by atoms with E-state index < -0.39 is 0 Å². The maximum absolute atomic E-state index is 12.4. The largest absolute Gasteiger partial charge is 0.454 e. The maximum Gasteiger partial charge on any atom is 0.257 e. The number of carbonyl (C=O) groups is 1. The molecule has 1 amide bonds. The Balaban J connectivity index is 1.49. The number of rotatable bonds is 3. The molecular formula is C20H19N3O3S. The zero-order valence-corrected chi connectivity index (χ0v) is 16.1. The topological polar surface area (TPSA) is 73.3 Å². The number of ether oxygens (including phenoxy) is 2. The monoisotopic (exact) mass is 381 g/mol. The van der Waals surface area contributed by atoms with E-state index in [1.807, 2.05) is 12.1 Å². The number of carbonyl (C=O) groups excluding carboxylic acids is 1. The number of amides is 1. The van der Waals surface area contributed by atoms with Crippen molar-refractivity contribution in [1.82, 2.24) is 10.2 Å². The molecule has 1 aromatic heterocycles. The average Bonchev–Trinajstić information content (AvgIpc) is 3.29. The van der Waals surface area contributed by atoms with Crippen LogP contribution >= 0.6 is 11.3 Å². The lowest BCUT2D eigenvalue weighted by Gasteiger charge is -2.18. The molecule has 0 fully saturated rings. The first kappa shape index (κ1) is 17.5. The quantitative estimate of drug-likeness (QED) is 0.724. The molecule has 1 aliphatic rings. The van der Waals surface area contributed by atoms with Crippen LogP contribution in [-0.4, -0.2) is 22.9 Å². The number of anilines is 1. The normalized spacial score (nSPS) is 12.9. The lowest BCUT2D eigenvalue weighted by Crippen LogP contribution is -2.11. The molecule has 0 bridgehead atoms. The molecule has 0 saturated carbocycles. The van der Waals surface area contributed by atoms with E-state index in [0.29, 0.717) is 22.2 Å². The van der Waals surface area contributed by atoms with E-state index in [2.05, 4.69) is 48.4 Å². The molecule has 6 nitrogen and oxygen atoms in total. The Morgan fingerprint density at radius 3 is 2.52 bits per heavy atom. The van der Waals surface area contributed by atoms with Crippen molar-refractivity contribution in [3.63, 3.8) is 0 Å². The van der Waals surface area contributed by atoms with Crippen molar-refractivity contribution in [3.8, 4) is 22.1 Å². The minimum atomic E-state index is -0.265. The number of fused-ring (bicyclic) bond motifs is 1. The third-order valence-corrected chi connectivity index (χ3v) is 5.17. The Morgan fingerprint density at radius 1 is 1.04 bits per heavy atom. The average molecular weight is 381 g/mol. The van der Waals surface area contributed by atoms with E-state index in [1.54, 1.807) is 18.2 Å². The summed E-state index contributed by atoms with van der Waals surface area (Å²) in [4.78, 5) is 12.4. The Hall–Kier alpha value is -2.93. The summed E-state index contributed by atoms with van der Waals surface area (Å²) in [6, 6.07) is 13.3. The van der Waals surface area contributed by atoms with Gasteiger partial charge in [0.25, 0.3) is 5.91 Å². The van der Waals surface area contributed by atoms with Crippen LogP contribution < -0.4 is 14.8 Å². The SMILES string of the molecule is CC(C)(C)c1ccc(-c2nnc(NC(=O)c3ccc4c(c3)OCO4)s2)cc1. The van der Waals surface area contributed by atoms with Gasteiger partial charge in [0.2, 0.25) is 11.9 Å². The summed E-state index contributed by atoms with van der Waals surface area (Å²) in [5.41, 5.74) is 2.81. The standard InChI is InChI=1S/C20H19N3O3S/c1-20(2,3)14-7-4-12(5-8-14)18-22-23-19(27-18)21-17(24)13-6-9-15-16(10-13)26-11-25-15/h4-10H,11H2,1-3H3,(H,21,23,24). The van der Waals surface area contributed by atoms with Crippen LogP contribution in [0.4, 0.5) is 5.13 Å². The zero-order chi connectivity index (χ0) is 19.0. The van der Waals surface area contributed by atoms with E-state index in [9.17, 15) is 4.79 Å². The van der Waals surface area contributed by atoms with Crippen molar-refractivity contribution in [3.05, 3.63) is 53.6 Å². The summed E-state index contributed by atoms with van der Waals surface area (Å²) in [6.45, 7) is 6.71. The van der Waals surface area contributed by atoms with Crippen molar-refractivity contribution in [1.29, 1.82) is 0 Å². The van der Waals surface area contributed by atoms with Gasteiger partial charge >= 0.3 is 0 Å². The van der Waals surface area contributed by atoms with Gasteiger partial charge in [0.15, 0.2) is 11.5 Å². The number of hydrogen-bond acceptors (Lipinski definition) is 6. The van der Waals surface area contributed by atoms with Crippen LogP contribution in [0, 0.1) is 0 Å². The molecule has 2 heterocycles. The van der Waals surface area contributed by atoms with Crippen LogP contribution in [0.1, 0.15) is 36.7 Å². The van der Waals surface area contributed by atoms with Gasteiger partial charge in [-0.05, 0) is 29.2 Å². The van der Waals surface area contributed by atoms with Gasteiger partial charge in [-0.15, -0.1) is 10.2 Å². The van der Waals surface area contributed by atoms with Gasteiger partial charge in [0.05, 0.1) is 0 Å². The van der Waals surface area contributed by atoms with Gasteiger partial charge in [0, 0.05) is 11.1 Å². The van der Waals surface area contributed by atoms with Crippen LogP contribution in [0.2, 0.25) is 0 Å². The molecule has 138 valence electrons. The van der Waals surface area contributed by atoms with Crippen molar-refractivity contribution < 1.29 is 14.3 Å². The Bertz CT molecular complexity index is 990. The first-order chi connectivity index (χ1) is 12.9. The van der Waals surface area contributed by atoms with Gasteiger partial charge in [0.1, 0.15) is 5.01 Å². The van der Waals surface area contributed by atoms with Crippen LogP contribution in [0.3, 0.4) is 0 Å². The summed E-state index contributed by atoms with van der Waals surface area (Å²) in [7, 11) is 0. The Morgan fingerprint density at radius 2 is 1.78 bits per heavy atom. The second kappa shape index (κ2) is 6.66. The van der Waals surface area contributed by atoms with Gasteiger partial charge in [-0.1, -0.05) is 56.4 Å². The molecule has 0 saturated heterocycles. The van der Waals surface area contributed by atoms with Crippen molar-refractivity contribution in [2.75, 3.05) is 12.1 Å². The number of aromatic nitrogens is 2. The smallest absolute Gasteiger partial charge is 0.257 e. The third-order valence-electron chi connectivity index (χ3n) is 4.28. The summed E-state index contributed by atoms with van der Waals surface area (Å²) in [6.07, 6.45) is 0. The van der Waals surface area contributed by atoms with Crippen LogP contribution in [0.25, 0.3) is 10.6 Å². The van der Waals surface area contributed by atoms with Gasteiger partial charge in [-0.2, -0.15) is 0 Å². The molecule has 0 spiro atoms. The fourth-order valence-electron chi connectivity index (χ4n) is 2.71. The van der Waals surface area contributed by atoms with Crippen LogP contribution in [0.5, 0.6) is 11.5 Å². The van der Waals surface area contributed by atoms with E-state index in [1.165, 1.54) is 16.9 Å². The van der Waals surface area contributed by atoms with Crippen LogP contribution in [0.15, 0.2) is 42.5 Å². The lowest BCUT2D eigenvalue weighted by atomic mass is 9.87. The summed E-state index contributed by atoms with van der Waals surface area (Å²) in [5.74, 6) is 0.946. The molecule has 0 unspecified atom stereocenters. The van der Waals surface area contributed by atoms with Crippen molar-refractivity contribution in [2.24, 2.45) is 0 Å². The van der Waals surface area contributed by atoms with E-state index in [0.717, 1.165) is 10.6 Å². The fourth-order valence-corrected chi connectivity index (χ4v) is 3.45. The predicted molar refractivity (Wildman–Crippen MR) is 105 cm³/mol. The lowest BCUT2D eigenvalue weighted by molar-refractivity contribution is 0.102. The number of nitrogens with one attached hydrogen (secondary N) is 1. The van der Waals surface area contributed by atoms with E-state index in [4.69, 9.17) is 9.47 Å². The first-order valence-corrected chi connectivity index (χ1v) is 9.37. The third kappa shape index (κ3) is 3.64. The minimum Gasteiger partial charge on any atom is -0.454 e. The maximum atomic E-state index is 12.4. The second-order valence-corrected chi connectivity index (χ2v) is 8.24. The molecule has 4 rings (SSSR count). The summed E-state index contributed by atoms with van der Waals surface area (Å²) in [5, 5.41) is 12.3. The first-order valence-electron chi connectivity index (χ1n) is 8.55. The Labute approximate surface area is 161 Å². The molecule has 3 aromatic rings. The highest BCUT2D eigenvalue weighted by molar-refractivity contribution is 7.18. The molecule has 7 heteroatoms. The molecule has 1 aliphatic heterocycles. The zero-order valence-electron chi connectivity index (χ0n) is 15.3. The van der Waals surface area contributed by atoms with E-state index >= 15 is 0 Å². The molecule has 1 N–H and O–H groups in total. The van der Waals surface area contributed by atoms with Gasteiger partial charge < -0.3 is 9.47 Å². The Kier molecular flexibility index (Phi) is 4.31. The molecule has 27 heavy (non-hydrogen) atoms. The molecule has 0 atom stereocenters. The fraction of sp³-hybridized carbons (Fsp3) is 0.250. The molecule has 0 aliphatic carbocycles. The van der Waals surface area contributed by atoms with Gasteiger partial charge in [-0.25, -0.2) is 0 Å². The number of benzene rings is 2. The number of nitrogens with zero attached hydrogens (tertiary/aromatic N) is 2. The second-order valence-electron chi connectivity index (χ2n) is 7.26. The van der Waals surface area contributed by atoms with Gasteiger partial charge in [-0.3, -0.25) is 10.1 Å². The molecular weight excluding hydrogens is 362 g/mol. The van der Waals surface area contributed by atoms with Crippen molar-refractivity contribution >= 4 is 22.4 Å². The highest BCUT2D eigenvalue weighted by atomic mass is 32.1. The summed E-state index contributed by atoms with van der Waals surface area (Å²) < 4.78 is 10.6. The van der Waals surface area contributed by atoms with E-state index in [-0.39, 0.29) is 18.1 Å². The highest BCUT2D eigenvalue weighted by Gasteiger charge is 2.18. The predicted octanol–water partition coefficient (Wildman–Crippen LogP) is 4.48. The minimum absolute atomic E-state index is 0.101. The number of hydrogen-bond donors (Lipinski definition) is 1. The molecule has 0 radical (unpaired) electrons. The summed E-state index contributed by atoms with van der Waals surface area (Å²) >= 11 is 1.34. The van der Waals surface area contributed by atoms with Crippen LogP contribution in [-0.2, 0) is 5.41 Å². The van der Waals surface area contributed by atoms with Crippen molar-refractivity contribution in [2.45, 2.75) is 26.2 Å². The molecule has 2 aromatic carbocycles. The highest BCUT2D eigenvalue weighted by Crippen LogP contribution is 2.33.